The van der Waals surface area contributed by atoms with Crippen LogP contribution < -0.4 is 9.47 Å². The summed E-state index contributed by atoms with van der Waals surface area (Å²) in [6.45, 7) is 8.32. The minimum atomic E-state index is -0.509. The molecule has 2 saturated carbocycles. The molecule has 0 amide bonds. The Kier molecular flexibility index (Phi) is 16.8. The van der Waals surface area contributed by atoms with Crippen LogP contribution in [0.15, 0.2) is 73.8 Å². The smallest absolute Gasteiger partial charge is 0.338 e. The first-order valence-electron chi connectivity index (χ1n) is 18.7. The summed E-state index contributed by atoms with van der Waals surface area (Å²) in [4.78, 5) is 50.6. The van der Waals surface area contributed by atoms with Crippen molar-refractivity contribution in [2.45, 2.75) is 96.0 Å². The molecule has 276 valence electrons. The molecule has 2 aliphatic rings. The average Bonchev–Trinajstić information content (AvgIpc) is 3.18. The van der Waals surface area contributed by atoms with E-state index in [1.807, 2.05) is 24.3 Å². The lowest BCUT2D eigenvalue weighted by Gasteiger charge is -2.39. The molecule has 0 spiro atoms. The van der Waals surface area contributed by atoms with E-state index in [1.54, 1.807) is 24.3 Å². The third kappa shape index (κ3) is 13.0. The summed E-state index contributed by atoms with van der Waals surface area (Å²) < 4.78 is 28.1. The summed E-state index contributed by atoms with van der Waals surface area (Å²) in [7, 11) is 0. The Morgan fingerprint density at radius 1 is 0.588 bits per heavy atom. The molecule has 4 rings (SSSR count). The highest BCUT2D eigenvalue weighted by Gasteiger charge is 2.43. The quantitative estimate of drug-likeness (QED) is 0.0415. The van der Waals surface area contributed by atoms with Crippen molar-refractivity contribution < 1.29 is 42.9 Å². The van der Waals surface area contributed by atoms with Gasteiger partial charge in [-0.25, -0.2) is 14.4 Å². The molecular weight excluding hydrogens is 648 g/mol. The van der Waals surface area contributed by atoms with Crippen molar-refractivity contribution in [3.8, 4) is 11.5 Å². The Morgan fingerprint density at radius 2 is 1.02 bits per heavy atom. The molecule has 0 N–H and O–H groups in total. The van der Waals surface area contributed by atoms with Gasteiger partial charge in [0, 0.05) is 17.7 Å². The number of rotatable bonds is 21. The third-order valence-electron chi connectivity index (χ3n) is 9.84. The van der Waals surface area contributed by atoms with Crippen molar-refractivity contribution in [3.05, 3.63) is 85.0 Å². The first-order chi connectivity index (χ1) is 24.9. The van der Waals surface area contributed by atoms with Crippen LogP contribution in [0.5, 0.6) is 11.5 Å². The largest absolute Gasteiger partial charge is 0.494 e. The van der Waals surface area contributed by atoms with Gasteiger partial charge in [0.05, 0.1) is 37.9 Å². The second kappa shape index (κ2) is 21.7. The fourth-order valence-electron chi connectivity index (χ4n) is 7.09. The molecule has 2 aromatic rings. The highest BCUT2D eigenvalue weighted by molar-refractivity contribution is 5.99. The van der Waals surface area contributed by atoms with E-state index in [1.165, 1.54) is 0 Å². The summed E-state index contributed by atoms with van der Waals surface area (Å²) in [6.07, 6.45) is 14.9. The molecule has 0 radical (unpaired) electrons. The Labute approximate surface area is 302 Å². The van der Waals surface area contributed by atoms with Gasteiger partial charge >= 0.3 is 17.9 Å². The SMILES string of the molecule is C=CC(=O)OCCCCOc1ccc(C(=O)OC(C2CCCCC2)C(C(=O)c2ccc(OCCCCOC(=O)C=C)cc2)C2CCCCC2)cc1. The van der Waals surface area contributed by atoms with Gasteiger partial charge in [-0.05, 0) is 112 Å². The lowest BCUT2D eigenvalue weighted by atomic mass is 9.69. The Balaban J connectivity index is 1.41. The monoisotopic (exact) mass is 702 g/mol. The fraction of sp³-hybridized carbons (Fsp3) is 0.524. The van der Waals surface area contributed by atoms with Crippen molar-refractivity contribution in [1.82, 2.24) is 0 Å². The summed E-state index contributed by atoms with van der Waals surface area (Å²) >= 11 is 0. The lowest BCUT2D eigenvalue weighted by Crippen LogP contribution is -2.43. The highest BCUT2D eigenvalue weighted by Crippen LogP contribution is 2.41. The van der Waals surface area contributed by atoms with Crippen LogP contribution in [0.3, 0.4) is 0 Å². The minimum Gasteiger partial charge on any atom is -0.494 e. The van der Waals surface area contributed by atoms with Crippen LogP contribution in [0.1, 0.15) is 111 Å². The van der Waals surface area contributed by atoms with Crippen molar-refractivity contribution in [1.29, 1.82) is 0 Å². The van der Waals surface area contributed by atoms with Gasteiger partial charge in [-0.2, -0.15) is 0 Å². The molecule has 51 heavy (non-hydrogen) atoms. The molecule has 0 heterocycles. The molecule has 2 atom stereocenters. The maximum atomic E-state index is 14.5. The molecule has 0 saturated heterocycles. The van der Waals surface area contributed by atoms with E-state index in [4.69, 9.17) is 23.7 Å². The maximum absolute atomic E-state index is 14.5. The lowest BCUT2D eigenvalue weighted by molar-refractivity contribution is -0.138. The van der Waals surface area contributed by atoms with E-state index >= 15 is 0 Å². The standard InChI is InChI=1S/C42H54O9/c1-3-37(43)49-29-13-11-27-47-35-23-19-32(20-24-35)40(45)39(31-15-7-5-8-16-31)41(33-17-9-6-10-18-33)51-42(46)34-21-25-36(26-22-34)48-28-12-14-30-50-38(44)4-2/h3-4,19-26,31,33,39,41H,1-2,5-18,27-30H2. The fourth-order valence-corrected chi connectivity index (χ4v) is 7.09. The number of unbranched alkanes of at least 4 members (excludes halogenated alkanes) is 2. The van der Waals surface area contributed by atoms with Crippen LogP contribution in [0.4, 0.5) is 0 Å². The molecule has 0 aliphatic heterocycles. The third-order valence-corrected chi connectivity index (χ3v) is 9.84. The van der Waals surface area contributed by atoms with Crippen LogP contribution in [-0.2, 0) is 23.8 Å². The zero-order valence-corrected chi connectivity index (χ0v) is 29.9. The average molecular weight is 703 g/mol. The zero-order chi connectivity index (χ0) is 36.3. The summed E-state index contributed by atoms with van der Waals surface area (Å²) in [6, 6.07) is 14.2. The Bertz CT molecular complexity index is 1400. The second-order valence-electron chi connectivity index (χ2n) is 13.5. The normalized spacial score (nSPS) is 16.2. The molecule has 9 nitrogen and oxygen atoms in total. The zero-order valence-electron chi connectivity index (χ0n) is 29.9. The van der Waals surface area contributed by atoms with E-state index in [-0.39, 0.29) is 17.6 Å². The molecule has 0 aromatic heterocycles. The number of benzene rings is 2. The number of ether oxygens (including phenoxy) is 5. The van der Waals surface area contributed by atoms with Gasteiger partial charge in [0.2, 0.25) is 0 Å². The van der Waals surface area contributed by atoms with Gasteiger partial charge in [-0.3, -0.25) is 4.79 Å². The number of hydrogen-bond donors (Lipinski definition) is 0. The van der Waals surface area contributed by atoms with Crippen molar-refractivity contribution in [3.63, 3.8) is 0 Å². The molecule has 2 aromatic carbocycles. The molecule has 0 bridgehead atoms. The van der Waals surface area contributed by atoms with E-state index in [2.05, 4.69) is 13.2 Å². The second-order valence-corrected chi connectivity index (χ2v) is 13.5. The predicted molar refractivity (Wildman–Crippen MR) is 195 cm³/mol. The van der Waals surface area contributed by atoms with E-state index in [9.17, 15) is 19.2 Å². The van der Waals surface area contributed by atoms with Gasteiger partial charge in [0.15, 0.2) is 5.78 Å². The van der Waals surface area contributed by atoms with Gasteiger partial charge in [-0.15, -0.1) is 0 Å². The topological polar surface area (TPSA) is 114 Å². The van der Waals surface area contributed by atoms with Crippen LogP contribution >= 0.6 is 0 Å². The summed E-state index contributed by atoms with van der Waals surface area (Å²) in [5.74, 6) is -0.103. The van der Waals surface area contributed by atoms with Gasteiger partial charge in [0.25, 0.3) is 0 Å². The molecular formula is C42H54O9. The van der Waals surface area contributed by atoms with Crippen LogP contribution in [0.2, 0.25) is 0 Å². The molecule has 2 fully saturated rings. The number of esters is 3. The van der Waals surface area contributed by atoms with Gasteiger partial charge < -0.3 is 23.7 Å². The predicted octanol–water partition coefficient (Wildman–Crippen LogP) is 8.65. The Morgan fingerprint density at radius 3 is 1.49 bits per heavy atom. The van der Waals surface area contributed by atoms with Gasteiger partial charge in [0.1, 0.15) is 17.6 Å². The molecule has 2 aliphatic carbocycles. The first-order valence-corrected chi connectivity index (χ1v) is 18.7. The van der Waals surface area contributed by atoms with E-state index in [0.717, 1.165) is 82.8 Å². The summed E-state index contributed by atoms with van der Waals surface area (Å²) in [5.41, 5.74) is 1.03. The van der Waals surface area contributed by atoms with Crippen molar-refractivity contribution >= 4 is 23.7 Å². The maximum Gasteiger partial charge on any atom is 0.338 e. The van der Waals surface area contributed by atoms with E-state index < -0.39 is 29.9 Å². The number of Topliss-reactive ketones (excluding diaryl/α,β-unsaturated/α-hetero) is 1. The van der Waals surface area contributed by atoms with Crippen LogP contribution in [0, 0.1) is 17.8 Å². The van der Waals surface area contributed by atoms with E-state index in [0.29, 0.717) is 68.3 Å². The van der Waals surface area contributed by atoms with Crippen molar-refractivity contribution in [2.75, 3.05) is 26.4 Å². The molecule has 2 unspecified atom stereocenters. The Hall–Kier alpha value is -4.40. The highest BCUT2D eigenvalue weighted by atomic mass is 16.5. The minimum absolute atomic E-state index is 0.0314. The number of carbonyl (C=O) groups is 4. The van der Waals surface area contributed by atoms with Crippen LogP contribution in [-0.4, -0.2) is 56.2 Å². The number of hydrogen-bond acceptors (Lipinski definition) is 9. The van der Waals surface area contributed by atoms with Gasteiger partial charge in [-0.1, -0.05) is 51.7 Å². The first kappa shape index (κ1) is 39.4. The number of ketones is 1. The van der Waals surface area contributed by atoms with Crippen LogP contribution in [0.25, 0.3) is 0 Å². The summed E-state index contributed by atoms with van der Waals surface area (Å²) in [5, 5.41) is 0. The molecule has 9 heteroatoms. The van der Waals surface area contributed by atoms with Crippen molar-refractivity contribution in [2.24, 2.45) is 17.8 Å². The number of carbonyl (C=O) groups excluding carboxylic acids is 4.